The molecule has 3 saturated heterocycles. The second-order valence-corrected chi connectivity index (χ2v) is 8.32. The van der Waals surface area contributed by atoms with E-state index in [-0.39, 0.29) is 0 Å². The molecular formula is C18H32O15. The highest BCUT2D eigenvalue weighted by Crippen LogP contribution is 2.32. The third kappa shape index (κ3) is 5.32. The highest BCUT2D eigenvalue weighted by molar-refractivity contribution is 4.95. The maximum absolute atomic E-state index is 10.6. The number of rotatable bonds is 6. The second kappa shape index (κ2) is 11.0. The van der Waals surface area contributed by atoms with E-state index in [2.05, 4.69) is 0 Å². The molecular weight excluding hydrogens is 456 g/mol. The lowest BCUT2D eigenvalue weighted by Gasteiger charge is -2.48. The highest BCUT2D eigenvalue weighted by Gasteiger charge is 2.53. The number of aliphatic hydroxyl groups excluding tert-OH is 10. The Balaban J connectivity index is 1.83. The van der Waals surface area contributed by atoms with Gasteiger partial charge in [-0.15, -0.1) is 0 Å². The maximum Gasteiger partial charge on any atom is 0.187 e. The van der Waals surface area contributed by atoms with E-state index >= 15 is 0 Å². The lowest BCUT2D eigenvalue weighted by atomic mass is 9.96. The van der Waals surface area contributed by atoms with Gasteiger partial charge in [0, 0.05) is 0 Å². The Labute approximate surface area is 187 Å². The summed E-state index contributed by atoms with van der Waals surface area (Å²) < 4.78 is 26.9. The monoisotopic (exact) mass is 488 g/mol. The Morgan fingerprint density at radius 1 is 0.545 bits per heavy atom. The van der Waals surface area contributed by atoms with Gasteiger partial charge < -0.3 is 74.7 Å². The fraction of sp³-hybridized carbons (Fsp3) is 1.00. The van der Waals surface area contributed by atoms with Crippen LogP contribution in [0.4, 0.5) is 0 Å². The van der Waals surface area contributed by atoms with Gasteiger partial charge in [0.05, 0.1) is 19.3 Å². The molecule has 0 aliphatic carbocycles. The summed E-state index contributed by atoms with van der Waals surface area (Å²) in [4.78, 5) is 0. The van der Waals surface area contributed by atoms with Gasteiger partial charge in [-0.2, -0.15) is 0 Å². The summed E-state index contributed by atoms with van der Waals surface area (Å²) >= 11 is 0. The van der Waals surface area contributed by atoms with Crippen molar-refractivity contribution >= 4 is 0 Å². The van der Waals surface area contributed by atoms with Crippen molar-refractivity contribution in [3.8, 4) is 0 Å². The van der Waals surface area contributed by atoms with Crippen LogP contribution < -0.4 is 0 Å². The molecule has 0 radical (unpaired) electrons. The SMILES string of the molecule is C[C@@H]1O[C@@H](O[C@H]2[C@H](O[C@H]3[C@H](O)[C@@H](O)[C@H](O)O[C@@H]3CO)O[C@H](CO)[C@H](O)[C@@H]2O)[C@@H](O)[C@H](O)[C@@H]1O. The Hall–Kier alpha value is -0.600. The van der Waals surface area contributed by atoms with Crippen LogP contribution in [0.5, 0.6) is 0 Å². The van der Waals surface area contributed by atoms with Gasteiger partial charge in [-0.1, -0.05) is 0 Å². The number of hydrogen-bond donors (Lipinski definition) is 10. The molecule has 15 nitrogen and oxygen atoms in total. The standard InChI is InChI=1S/C18H32O15/c1-4-7(21)9(23)13(27)17(29-4)33-15-10(24)8(22)5(2-19)31-18(15)32-14-6(3-20)30-16(28)12(26)11(14)25/h4-28H,2-3H2,1H3/t4-,5+,6+,7+,8-,9+,10-,11+,12+,13-,14+,15+,16+,17-,18-/m0/s1. The van der Waals surface area contributed by atoms with Crippen molar-refractivity contribution in [3.05, 3.63) is 0 Å². The van der Waals surface area contributed by atoms with E-state index in [0.717, 1.165) is 0 Å². The molecule has 0 bridgehead atoms. The van der Waals surface area contributed by atoms with Gasteiger partial charge in [0.15, 0.2) is 18.9 Å². The van der Waals surface area contributed by atoms with Crippen LogP contribution in [0.2, 0.25) is 0 Å². The van der Waals surface area contributed by atoms with Gasteiger partial charge in [-0.25, -0.2) is 0 Å². The molecule has 15 atom stereocenters. The van der Waals surface area contributed by atoms with Crippen molar-refractivity contribution in [2.24, 2.45) is 0 Å². The number of hydrogen-bond acceptors (Lipinski definition) is 15. The van der Waals surface area contributed by atoms with Gasteiger partial charge in [0.25, 0.3) is 0 Å². The van der Waals surface area contributed by atoms with E-state index < -0.39 is 105 Å². The lowest BCUT2D eigenvalue weighted by Crippen LogP contribution is -2.66. The van der Waals surface area contributed by atoms with E-state index in [1.165, 1.54) is 6.92 Å². The molecule has 15 heteroatoms. The zero-order chi connectivity index (χ0) is 24.6. The third-order valence-corrected chi connectivity index (χ3v) is 6.05. The first-order valence-corrected chi connectivity index (χ1v) is 10.4. The molecule has 0 unspecified atom stereocenters. The van der Waals surface area contributed by atoms with Gasteiger partial charge in [0.2, 0.25) is 0 Å². The third-order valence-electron chi connectivity index (χ3n) is 6.05. The van der Waals surface area contributed by atoms with Crippen LogP contribution in [0.25, 0.3) is 0 Å². The Morgan fingerprint density at radius 3 is 1.73 bits per heavy atom. The van der Waals surface area contributed by atoms with Crippen LogP contribution >= 0.6 is 0 Å². The van der Waals surface area contributed by atoms with Crippen molar-refractivity contribution in [1.82, 2.24) is 0 Å². The minimum absolute atomic E-state index is 0.760. The molecule has 0 aromatic heterocycles. The molecule has 3 heterocycles. The zero-order valence-electron chi connectivity index (χ0n) is 17.6. The highest BCUT2D eigenvalue weighted by atomic mass is 16.8. The van der Waals surface area contributed by atoms with Gasteiger partial charge in [-0.05, 0) is 6.92 Å². The predicted molar refractivity (Wildman–Crippen MR) is 99.8 cm³/mol. The van der Waals surface area contributed by atoms with Crippen molar-refractivity contribution in [2.75, 3.05) is 13.2 Å². The quantitative estimate of drug-likeness (QED) is 0.167. The molecule has 0 aromatic rings. The van der Waals surface area contributed by atoms with E-state index in [1.807, 2.05) is 0 Å². The number of aliphatic hydroxyl groups is 10. The average molecular weight is 488 g/mol. The topological polar surface area (TPSA) is 248 Å². The van der Waals surface area contributed by atoms with Crippen molar-refractivity contribution < 1.29 is 74.7 Å². The minimum Gasteiger partial charge on any atom is -0.394 e. The second-order valence-electron chi connectivity index (χ2n) is 8.32. The molecule has 10 N–H and O–H groups in total. The fourth-order valence-corrected chi connectivity index (χ4v) is 3.98. The van der Waals surface area contributed by atoms with E-state index in [9.17, 15) is 51.1 Å². The Bertz CT molecular complexity index is 624. The van der Waals surface area contributed by atoms with E-state index in [1.54, 1.807) is 0 Å². The minimum atomic E-state index is -1.83. The zero-order valence-corrected chi connectivity index (χ0v) is 17.6. The summed E-state index contributed by atoms with van der Waals surface area (Å²) in [6.07, 6.45) is -24.1. The maximum atomic E-state index is 10.6. The molecule has 3 aliphatic rings. The van der Waals surface area contributed by atoms with E-state index in [4.69, 9.17) is 23.7 Å². The molecule has 0 aromatic carbocycles. The van der Waals surface area contributed by atoms with Crippen molar-refractivity contribution in [3.63, 3.8) is 0 Å². The van der Waals surface area contributed by atoms with Crippen molar-refractivity contribution in [2.45, 2.75) is 99.0 Å². The molecule has 194 valence electrons. The molecule has 3 aliphatic heterocycles. The Kier molecular flexibility index (Phi) is 8.99. The van der Waals surface area contributed by atoms with E-state index in [0.29, 0.717) is 0 Å². The Morgan fingerprint density at radius 2 is 1.12 bits per heavy atom. The summed E-state index contributed by atoms with van der Waals surface area (Å²) in [6.45, 7) is -0.128. The fourth-order valence-electron chi connectivity index (χ4n) is 3.98. The van der Waals surface area contributed by atoms with Gasteiger partial charge in [-0.3, -0.25) is 0 Å². The molecule has 3 fully saturated rings. The van der Waals surface area contributed by atoms with Crippen LogP contribution in [0, 0.1) is 0 Å². The lowest BCUT2D eigenvalue weighted by molar-refractivity contribution is -0.385. The normalized spacial score (nSPS) is 53.7. The first-order chi connectivity index (χ1) is 15.5. The molecule has 0 amide bonds. The average Bonchev–Trinajstić information content (AvgIpc) is 2.80. The predicted octanol–water partition coefficient (Wildman–Crippen LogP) is -6.55. The van der Waals surface area contributed by atoms with Crippen LogP contribution in [0.1, 0.15) is 6.92 Å². The molecule has 33 heavy (non-hydrogen) atoms. The largest absolute Gasteiger partial charge is 0.394 e. The number of ether oxygens (including phenoxy) is 5. The van der Waals surface area contributed by atoms with Crippen LogP contribution in [-0.4, -0.2) is 156 Å². The van der Waals surface area contributed by atoms with Gasteiger partial charge in [0.1, 0.15) is 67.1 Å². The van der Waals surface area contributed by atoms with Crippen molar-refractivity contribution in [1.29, 1.82) is 0 Å². The van der Waals surface area contributed by atoms with Crippen LogP contribution in [0.3, 0.4) is 0 Å². The van der Waals surface area contributed by atoms with Gasteiger partial charge >= 0.3 is 0 Å². The first-order valence-electron chi connectivity index (χ1n) is 10.4. The summed E-state index contributed by atoms with van der Waals surface area (Å²) in [5.41, 5.74) is 0. The molecule has 0 spiro atoms. The summed E-state index contributed by atoms with van der Waals surface area (Å²) in [5.74, 6) is 0. The van der Waals surface area contributed by atoms with Crippen LogP contribution in [0.15, 0.2) is 0 Å². The molecule has 3 rings (SSSR count). The summed E-state index contributed by atoms with van der Waals surface area (Å²) in [6, 6.07) is 0. The molecule has 0 saturated carbocycles. The smallest absolute Gasteiger partial charge is 0.187 e. The summed E-state index contributed by atoms with van der Waals surface area (Å²) in [7, 11) is 0. The van der Waals surface area contributed by atoms with Crippen LogP contribution in [-0.2, 0) is 23.7 Å². The summed E-state index contributed by atoms with van der Waals surface area (Å²) in [5, 5.41) is 99.8. The first kappa shape index (κ1) is 27.0.